The third kappa shape index (κ3) is 2.02. The predicted molar refractivity (Wildman–Crippen MR) is 93.6 cm³/mol. The van der Waals surface area contributed by atoms with Crippen molar-refractivity contribution in [3.05, 3.63) is 51.4 Å². The molecular weight excluding hydrogens is 362 g/mol. The molecule has 0 atom stereocenters. The minimum Gasteiger partial charge on any atom is -0.397 e. The van der Waals surface area contributed by atoms with Crippen LogP contribution < -0.4 is 10.6 Å². The average Bonchev–Trinajstić information content (AvgIpc) is 3.08. The van der Waals surface area contributed by atoms with Crippen LogP contribution in [0.15, 0.2) is 41.0 Å². The fourth-order valence-electron chi connectivity index (χ4n) is 2.81. The number of rotatable bonds is 1. The van der Waals surface area contributed by atoms with E-state index in [4.69, 9.17) is 5.73 Å². The molecule has 6 heteroatoms. The molecule has 1 amide bonds. The maximum absolute atomic E-state index is 12.9. The van der Waals surface area contributed by atoms with Gasteiger partial charge in [0.05, 0.1) is 5.69 Å². The zero-order chi connectivity index (χ0) is 15.3. The SMILES string of the molecule is Nc1c(C(=O)N2CCc3cc(Br)ccc32)sc2ncccc12. The first kappa shape index (κ1) is 13.7. The number of amides is 1. The van der Waals surface area contributed by atoms with Gasteiger partial charge in [-0.05, 0) is 42.3 Å². The molecule has 0 bridgehead atoms. The molecule has 0 unspecified atom stereocenters. The lowest BCUT2D eigenvalue weighted by molar-refractivity contribution is 0.0994. The molecule has 1 aliphatic heterocycles. The second kappa shape index (κ2) is 5.07. The van der Waals surface area contributed by atoms with Crippen LogP contribution in [0.5, 0.6) is 0 Å². The van der Waals surface area contributed by atoms with E-state index in [-0.39, 0.29) is 5.91 Å². The second-order valence-electron chi connectivity index (χ2n) is 5.18. The van der Waals surface area contributed by atoms with Gasteiger partial charge in [0.15, 0.2) is 0 Å². The molecule has 3 heterocycles. The Morgan fingerprint density at radius 2 is 2.23 bits per heavy atom. The zero-order valence-corrected chi connectivity index (χ0v) is 13.9. The highest BCUT2D eigenvalue weighted by molar-refractivity contribution is 9.10. The first-order valence-corrected chi connectivity index (χ1v) is 8.49. The molecule has 4 nitrogen and oxygen atoms in total. The van der Waals surface area contributed by atoms with Crippen LogP contribution in [-0.2, 0) is 6.42 Å². The minimum atomic E-state index is -0.0402. The van der Waals surface area contributed by atoms with E-state index in [9.17, 15) is 4.79 Å². The van der Waals surface area contributed by atoms with Crippen LogP contribution in [0.4, 0.5) is 11.4 Å². The highest BCUT2D eigenvalue weighted by Crippen LogP contribution is 2.36. The van der Waals surface area contributed by atoms with E-state index in [1.54, 1.807) is 6.20 Å². The highest BCUT2D eigenvalue weighted by atomic mass is 79.9. The van der Waals surface area contributed by atoms with E-state index in [1.807, 2.05) is 29.2 Å². The number of hydrogen-bond acceptors (Lipinski definition) is 4. The first-order chi connectivity index (χ1) is 10.6. The van der Waals surface area contributed by atoms with Gasteiger partial charge in [0, 0.05) is 28.3 Å². The van der Waals surface area contributed by atoms with Gasteiger partial charge in [-0.1, -0.05) is 15.9 Å². The molecule has 0 saturated carbocycles. The number of carbonyl (C=O) groups is 1. The third-order valence-corrected chi connectivity index (χ3v) is 5.49. The number of pyridine rings is 1. The quantitative estimate of drug-likeness (QED) is 0.704. The van der Waals surface area contributed by atoms with E-state index in [1.165, 1.54) is 16.9 Å². The molecule has 0 aliphatic carbocycles. The molecule has 2 N–H and O–H groups in total. The fourth-order valence-corrected chi connectivity index (χ4v) is 4.23. The Balaban J connectivity index is 1.78. The van der Waals surface area contributed by atoms with Crippen LogP contribution >= 0.6 is 27.3 Å². The number of nitrogen functional groups attached to an aromatic ring is 1. The van der Waals surface area contributed by atoms with Gasteiger partial charge in [-0.25, -0.2) is 4.98 Å². The van der Waals surface area contributed by atoms with Gasteiger partial charge in [-0.2, -0.15) is 0 Å². The molecule has 0 radical (unpaired) electrons. The summed E-state index contributed by atoms with van der Waals surface area (Å²) in [5, 5.41) is 0.853. The number of nitrogens with zero attached hydrogens (tertiary/aromatic N) is 2. The van der Waals surface area contributed by atoms with Gasteiger partial charge in [-0.15, -0.1) is 11.3 Å². The second-order valence-corrected chi connectivity index (χ2v) is 7.10. The standard InChI is InChI=1S/C16H12BrN3OS/c17-10-3-4-12-9(8-10)5-7-20(12)16(21)14-13(18)11-2-1-6-19-15(11)22-14/h1-4,6,8H,5,7,18H2. The fraction of sp³-hybridized carbons (Fsp3) is 0.125. The smallest absolute Gasteiger partial charge is 0.270 e. The largest absolute Gasteiger partial charge is 0.397 e. The van der Waals surface area contributed by atoms with Crippen LogP contribution in [0.1, 0.15) is 15.2 Å². The normalized spacial score (nSPS) is 13.6. The molecule has 0 spiro atoms. The van der Waals surface area contributed by atoms with E-state index in [0.29, 0.717) is 17.1 Å². The van der Waals surface area contributed by atoms with Gasteiger partial charge < -0.3 is 10.6 Å². The van der Waals surface area contributed by atoms with E-state index < -0.39 is 0 Å². The van der Waals surface area contributed by atoms with Crippen LogP contribution in [0.3, 0.4) is 0 Å². The number of hydrogen-bond donors (Lipinski definition) is 1. The van der Waals surface area contributed by atoms with Crippen LogP contribution in [0.2, 0.25) is 0 Å². The summed E-state index contributed by atoms with van der Waals surface area (Å²) in [5.74, 6) is -0.0402. The molecule has 1 aromatic carbocycles. The lowest BCUT2D eigenvalue weighted by atomic mass is 10.2. The van der Waals surface area contributed by atoms with Crippen LogP contribution in [-0.4, -0.2) is 17.4 Å². The number of nitrogens with two attached hydrogens (primary N) is 1. The summed E-state index contributed by atoms with van der Waals surface area (Å²) in [6.45, 7) is 0.686. The molecule has 2 aromatic heterocycles. The minimum absolute atomic E-state index is 0.0402. The van der Waals surface area contributed by atoms with Crippen LogP contribution in [0.25, 0.3) is 10.2 Å². The lowest BCUT2D eigenvalue weighted by Gasteiger charge is -2.16. The maximum Gasteiger partial charge on any atom is 0.270 e. The monoisotopic (exact) mass is 373 g/mol. The Labute approximate surface area is 139 Å². The molecule has 110 valence electrons. The molecule has 3 aromatic rings. The topological polar surface area (TPSA) is 59.2 Å². The van der Waals surface area contributed by atoms with Crippen molar-refractivity contribution in [3.8, 4) is 0 Å². The summed E-state index contributed by atoms with van der Waals surface area (Å²) in [6, 6.07) is 9.74. The number of anilines is 2. The Morgan fingerprint density at radius 1 is 1.36 bits per heavy atom. The van der Waals surface area contributed by atoms with Crippen molar-refractivity contribution in [3.63, 3.8) is 0 Å². The van der Waals surface area contributed by atoms with Crippen molar-refractivity contribution in [2.24, 2.45) is 0 Å². The van der Waals surface area contributed by atoms with Gasteiger partial charge in [0.2, 0.25) is 0 Å². The maximum atomic E-state index is 12.9. The number of aromatic nitrogens is 1. The first-order valence-electron chi connectivity index (χ1n) is 6.88. The van der Waals surface area contributed by atoms with E-state index in [2.05, 4.69) is 27.0 Å². The number of halogens is 1. The number of benzene rings is 1. The summed E-state index contributed by atoms with van der Waals surface area (Å²) >= 11 is 4.83. The van der Waals surface area contributed by atoms with Crippen molar-refractivity contribution in [2.45, 2.75) is 6.42 Å². The molecule has 0 saturated heterocycles. The Morgan fingerprint density at radius 3 is 3.05 bits per heavy atom. The average molecular weight is 374 g/mol. The molecule has 0 fully saturated rings. The van der Waals surface area contributed by atoms with Crippen LogP contribution in [0, 0.1) is 0 Å². The van der Waals surface area contributed by atoms with Gasteiger partial charge >= 0.3 is 0 Å². The van der Waals surface area contributed by atoms with Crippen molar-refractivity contribution in [2.75, 3.05) is 17.2 Å². The molecular formula is C16H12BrN3OS. The van der Waals surface area contributed by atoms with E-state index >= 15 is 0 Å². The highest BCUT2D eigenvalue weighted by Gasteiger charge is 2.28. The van der Waals surface area contributed by atoms with Gasteiger partial charge in [0.1, 0.15) is 9.71 Å². The van der Waals surface area contributed by atoms with Gasteiger partial charge in [0.25, 0.3) is 5.91 Å². The summed E-state index contributed by atoms with van der Waals surface area (Å²) in [6.07, 6.45) is 2.58. The number of carbonyl (C=O) groups excluding carboxylic acids is 1. The summed E-state index contributed by atoms with van der Waals surface area (Å²) in [7, 11) is 0. The van der Waals surface area contributed by atoms with Gasteiger partial charge in [-0.3, -0.25) is 4.79 Å². The Hall–Kier alpha value is -1.92. The number of thiophene rings is 1. The summed E-state index contributed by atoms with van der Waals surface area (Å²) in [5.41, 5.74) is 8.85. The van der Waals surface area contributed by atoms with Crippen molar-refractivity contribution in [1.82, 2.24) is 4.98 Å². The lowest BCUT2D eigenvalue weighted by Crippen LogP contribution is -2.28. The summed E-state index contributed by atoms with van der Waals surface area (Å²) < 4.78 is 1.03. The summed E-state index contributed by atoms with van der Waals surface area (Å²) in [4.78, 5) is 20.4. The number of fused-ring (bicyclic) bond motifs is 2. The van der Waals surface area contributed by atoms with Crippen molar-refractivity contribution in [1.29, 1.82) is 0 Å². The molecule has 22 heavy (non-hydrogen) atoms. The third-order valence-electron chi connectivity index (χ3n) is 3.88. The van der Waals surface area contributed by atoms with Crippen molar-refractivity contribution >= 4 is 54.8 Å². The molecule has 4 rings (SSSR count). The Bertz CT molecular complexity index is 906. The molecule has 1 aliphatic rings. The van der Waals surface area contributed by atoms with Crippen molar-refractivity contribution < 1.29 is 4.79 Å². The zero-order valence-electron chi connectivity index (χ0n) is 11.5. The predicted octanol–water partition coefficient (Wildman–Crippen LogP) is 3.84. The Kier molecular flexibility index (Phi) is 3.16. The van der Waals surface area contributed by atoms with E-state index in [0.717, 1.165) is 26.8 Å².